The fourth-order valence-electron chi connectivity index (χ4n) is 3.63. The predicted molar refractivity (Wildman–Crippen MR) is 150 cm³/mol. The zero-order valence-corrected chi connectivity index (χ0v) is 23.7. The average molecular weight is 638 g/mol. The quantitative estimate of drug-likeness (QED) is 0.331. The van der Waals surface area contributed by atoms with Crippen LogP contribution in [0.25, 0.3) is 0 Å². The van der Waals surface area contributed by atoms with Gasteiger partial charge in [-0.2, -0.15) is 0 Å². The Kier molecular flexibility index (Phi) is 9.66. The Morgan fingerprint density at radius 1 is 0.919 bits per heavy atom. The molecule has 0 heterocycles. The van der Waals surface area contributed by atoms with Crippen molar-refractivity contribution in [3.63, 3.8) is 0 Å². The number of hydrogen-bond donors (Lipinski definition) is 1. The summed E-state index contributed by atoms with van der Waals surface area (Å²) in [5.41, 5.74) is 0.921. The van der Waals surface area contributed by atoms with E-state index < -0.39 is 34.3 Å². The number of sulfonamides is 1. The van der Waals surface area contributed by atoms with E-state index >= 15 is 0 Å². The van der Waals surface area contributed by atoms with Gasteiger partial charge in [0.1, 0.15) is 18.4 Å². The Morgan fingerprint density at radius 3 is 2.08 bits per heavy atom. The standard InChI is InChI=1S/C27H29FIN3O4S/c1-19(2)30-27(34)20(3)31(17-21-9-11-22(28)12-10-21)26(33)18-32(24-15-13-23(29)14-16-24)37(35,36)25-7-5-4-6-8-25/h4-16,19-20H,17-18H2,1-3H3,(H,30,34)/t20-/m0/s1. The first-order valence-electron chi connectivity index (χ1n) is 11.7. The highest BCUT2D eigenvalue weighted by atomic mass is 127. The summed E-state index contributed by atoms with van der Waals surface area (Å²) >= 11 is 2.11. The van der Waals surface area contributed by atoms with Crippen molar-refractivity contribution in [3.05, 3.63) is 93.8 Å². The van der Waals surface area contributed by atoms with E-state index in [4.69, 9.17) is 0 Å². The van der Waals surface area contributed by atoms with Gasteiger partial charge in [-0.25, -0.2) is 12.8 Å². The summed E-state index contributed by atoms with van der Waals surface area (Å²) in [6.07, 6.45) is 0. The first-order chi connectivity index (χ1) is 17.5. The van der Waals surface area contributed by atoms with Crippen LogP contribution in [0.5, 0.6) is 0 Å². The molecule has 0 fully saturated rings. The van der Waals surface area contributed by atoms with Gasteiger partial charge in [-0.3, -0.25) is 13.9 Å². The molecule has 0 spiro atoms. The Morgan fingerprint density at radius 2 is 1.51 bits per heavy atom. The minimum atomic E-state index is -4.11. The van der Waals surface area contributed by atoms with Gasteiger partial charge in [0.2, 0.25) is 11.8 Å². The molecule has 0 aliphatic carbocycles. The molecular weight excluding hydrogens is 608 g/mol. The molecule has 10 heteroatoms. The number of hydrogen-bond acceptors (Lipinski definition) is 4. The van der Waals surface area contributed by atoms with Crippen molar-refractivity contribution in [1.82, 2.24) is 10.2 Å². The number of rotatable bonds is 10. The van der Waals surface area contributed by atoms with Crippen LogP contribution in [-0.4, -0.2) is 43.8 Å². The molecule has 0 saturated carbocycles. The van der Waals surface area contributed by atoms with Gasteiger partial charge in [0.15, 0.2) is 0 Å². The maximum absolute atomic E-state index is 13.7. The summed E-state index contributed by atoms with van der Waals surface area (Å²) in [6, 6.07) is 19.2. The van der Waals surface area contributed by atoms with Gasteiger partial charge in [0.05, 0.1) is 10.6 Å². The van der Waals surface area contributed by atoms with Gasteiger partial charge in [-0.05, 0) is 97.5 Å². The highest BCUT2D eigenvalue weighted by molar-refractivity contribution is 14.1. The van der Waals surface area contributed by atoms with Crippen molar-refractivity contribution < 1.29 is 22.4 Å². The molecule has 1 atom stereocenters. The minimum absolute atomic E-state index is 0.00227. The first-order valence-corrected chi connectivity index (χ1v) is 14.2. The lowest BCUT2D eigenvalue weighted by molar-refractivity contribution is -0.139. The lowest BCUT2D eigenvalue weighted by Crippen LogP contribution is -2.52. The van der Waals surface area contributed by atoms with E-state index in [0.717, 1.165) is 7.88 Å². The fourth-order valence-corrected chi connectivity index (χ4v) is 5.42. The zero-order chi connectivity index (χ0) is 27.2. The largest absolute Gasteiger partial charge is 0.352 e. The number of nitrogens with zero attached hydrogens (tertiary/aromatic N) is 2. The molecule has 37 heavy (non-hydrogen) atoms. The molecule has 1 N–H and O–H groups in total. The van der Waals surface area contributed by atoms with Crippen molar-refractivity contribution in [2.45, 2.75) is 44.3 Å². The van der Waals surface area contributed by atoms with Crippen LogP contribution in [-0.2, 0) is 26.2 Å². The topological polar surface area (TPSA) is 86.8 Å². The maximum atomic E-state index is 13.7. The third kappa shape index (κ3) is 7.51. The number of carbonyl (C=O) groups excluding carboxylic acids is 2. The maximum Gasteiger partial charge on any atom is 0.264 e. The second-order valence-corrected chi connectivity index (χ2v) is 11.9. The van der Waals surface area contributed by atoms with Crippen LogP contribution in [0.1, 0.15) is 26.3 Å². The monoisotopic (exact) mass is 637 g/mol. The SMILES string of the molecule is CC(C)NC(=O)[C@H](C)N(Cc1ccc(F)cc1)C(=O)CN(c1ccc(I)cc1)S(=O)(=O)c1ccccc1. The highest BCUT2D eigenvalue weighted by Crippen LogP contribution is 2.25. The molecule has 196 valence electrons. The van der Waals surface area contributed by atoms with E-state index in [1.807, 2.05) is 13.8 Å². The van der Waals surface area contributed by atoms with E-state index in [9.17, 15) is 22.4 Å². The second-order valence-electron chi connectivity index (χ2n) is 8.79. The summed E-state index contributed by atoms with van der Waals surface area (Å²) in [7, 11) is -4.11. The van der Waals surface area contributed by atoms with Gasteiger partial charge in [0.25, 0.3) is 10.0 Å². The van der Waals surface area contributed by atoms with Crippen molar-refractivity contribution >= 4 is 50.1 Å². The predicted octanol–water partition coefficient (Wildman–Crippen LogP) is 4.57. The fraction of sp³-hybridized carbons (Fsp3) is 0.259. The Balaban J connectivity index is 2.00. The Labute approximate surface area is 230 Å². The first kappa shape index (κ1) is 28.6. The smallest absolute Gasteiger partial charge is 0.264 e. The van der Waals surface area contributed by atoms with Gasteiger partial charge in [-0.1, -0.05) is 30.3 Å². The lowest BCUT2D eigenvalue weighted by Gasteiger charge is -2.32. The molecule has 2 amide bonds. The third-order valence-corrected chi connectivity index (χ3v) is 8.10. The average Bonchev–Trinajstić information content (AvgIpc) is 2.87. The Bertz CT molecular complexity index is 1320. The molecule has 0 bridgehead atoms. The van der Waals surface area contributed by atoms with Crippen LogP contribution >= 0.6 is 22.6 Å². The van der Waals surface area contributed by atoms with Crippen LogP contribution in [0.2, 0.25) is 0 Å². The number of nitrogens with one attached hydrogen (secondary N) is 1. The number of anilines is 1. The van der Waals surface area contributed by atoms with Crippen LogP contribution in [0.3, 0.4) is 0 Å². The number of amides is 2. The van der Waals surface area contributed by atoms with Crippen molar-refractivity contribution in [2.24, 2.45) is 0 Å². The van der Waals surface area contributed by atoms with Gasteiger partial charge in [0, 0.05) is 16.2 Å². The second kappa shape index (κ2) is 12.5. The molecule has 0 aliphatic heterocycles. The van der Waals surface area contributed by atoms with E-state index in [2.05, 4.69) is 27.9 Å². The number of benzene rings is 3. The van der Waals surface area contributed by atoms with E-state index in [-0.39, 0.29) is 23.4 Å². The summed E-state index contributed by atoms with van der Waals surface area (Å²) < 4.78 is 42.7. The van der Waals surface area contributed by atoms with Crippen molar-refractivity contribution in [3.8, 4) is 0 Å². The van der Waals surface area contributed by atoms with Crippen LogP contribution in [0, 0.1) is 9.39 Å². The normalized spacial score (nSPS) is 12.2. The summed E-state index contributed by atoms with van der Waals surface area (Å²) in [5.74, 6) is -1.38. The van der Waals surface area contributed by atoms with Crippen molar-refractivity contribution in [1.29, 1.82) is 0 Å². The van der Waals surface area contributed by atoms with Gasteiger partial charge in [-0.15, -0.1) is 0 Å². The number of halogens is 2. The molecule has 0 aliphatic rings. The molecule has 0 saturated heterocycles. The molecule has 0 unspecified atom stereocenters. The zero-order valence-electron chi connectivity index (χ0n) is 20.8. The highest BCUT2D eigenvalue weighted by Gasteiger charge is 2.32. The minimum Gasteiger partial charge on any atom is -0.352 e. The molecule has 3 aromatic carbocycles. The van der Waals surface area contributed by atoms with E-state index in [0.29, 0.717) is 11.3 Å². The van der Waals surface area contributed by atoms with Crippen LogP contribution < -0.4 is 9.62 Å². The molecule has 3 rings (SSSR count). The lowest BCUT2D eigenvalue weighted by atomic mass is 10.1. The van der Waals surface area contributed by atoms with Crippen LogP contribution in [0.4, 0.5) is 10.1 Å². The van der Waals surface area contributed by atoms with E-state index in [1.54, 1.807) is 49.4 Å². The summed E-state index contributed by atoms with van der Waals surface area (Å²) in [5, 5.41) is 2.79. The van der Waals surface area contributed by atoms with E-state index in [1.165, 1.54) is 41.3 Å². The third-order valence-electron chi connectivity index (χ3n) is 5.59. The summed E-state index contributed by atoms with van der Waals surface area (Å²) in [4.78, 5) is 27.9. The molecular formula is C27H29FIN3O4S. The number of carbonyl (C=O) groups is 2. The Hall–Kier alpha value is -2.99. The van der Waals surface area contributed by atoms with Crippen LogP contribution in [0.15, 0.2) is 83.8 Å². The van der Waals surface area contributed by atoms with Gasteiger partial charge < -0.3 is 10.2 Å². The molecule has 0 radical (unpaired) electrons. The van der Waals surface area contributed by atoms with Gasteiger partial charge >= 0.3 is 0 Å². The molecule has 7 nitrogen and oxygen atoms in total. The molecule has 0 aromatic heterocycles. The van der Waals surface area contributed by atoms with Crippen molar-refractivity contribution in [2.75, 3.05) is 10.8 Å². The summed E-state index contributed by atoms with van der Waals surface area (Å²) in [6.45, 7) is 4.67. The molecule has 3 aromatic rings.